The predicted molar refractivity (Wildman–Crippen MR) is 72.2 cm³/mol. The number of aliphatic carboxylic acids is 1. The number of aryl methyl sites for hydroxylation is 1. The van der Waals surface area contributed by atoms with E-state index in [1.165, 1.54) is 30.9 Å². The highest BCUT2D eigenvalue weighted by Crippen LogP contribution is 2.07. The van der Waals surface area contributed by atoms with Gasteiger partial charge in [-0.3, -0.25) is 23.5 Å². The molecular weight excluding hydrogens is 280 g/mol. The molecule has 0 aliphatic rings. The number of fused-ring (bicyclic) bond motifs is 1. The molecule has 21 heavy (non-hydrogen) atoms. The lowest BCUT2D eigenvalue weighted by Gasteiger charge is -2.08. The Morgan fingerprint density at radius 2 is 1.95 bits per heavy atom. The van der Waals surface area contributed by atoms with Crippen molar-refractivity contribution in [2.75, 3.05) is 6.54 Å². The second kappa shape index (κ2) is 5.19. The van der Waals surface area contributed by atoms with Gasteiger partial charge in [0.2, 0.25) is 0 Å². The van der Waals surface area contributed by atoms with E-state index < -0.39 is 29.7 Å². The fraction of sp³-hybridized carbons (Fsp3) is 0.250. The Balaban J connectivity index is 2.57. The number of pyridine rings is 1. The number of carboxylic acid groups (broad SMARTS) is 1. The summed E-state index contributed by atoms with van der Waals surface area (Å²) in [7, 11) is 2.78. The first-order valence-electron chi connectivity index (χ1n) is 5.88. The quantitative estimate of drug-likeness (QED) is 0.705. The highest BCUT2D eigenvalue weighted by atomic mass is 16.4. The van der Waals surface area contributed by atoms with Gasteiger partial charge in [-0.05, 0) is 6.07 Å². The van der Waals surface area contributed by atoms with Gasteiger partial charge in [0.1, 0.15) is 12.2 Å². The molecule has 0 unspecified atom stereocenters. The third-order valence-electron chi connectivity index (χ3n) is 2.96. The van der Waals surface area contributed by atoms with Crippen LogP contribution in [0.1, 0.15) is 10.4 Å². The molecule has 0 spiro atoms. The Labute approximate surface area is 117 Å². The summed E-state index contributed by atoms with van der Waals surface area (Å²) < 4.78 is 2.10. The summed E-state index contributed by atoms with van der Waals surface area (Å²) >= 11 is 0. The first-order valence-corrected chi connectivity index (χ1v) is 5.88. The van der Waals surface area contributed by atoms with Gasteiger partial charge >= 0.3 is 11.7 Å². The molecule has 0 saturated carbocycles. The van der Waals surface area contributed by atoms with Crippen molar-refractivity contribution in [3.05, 3.63) is 38.7 Å². The second-order valence-electron chi connectivity index (χ2n) is 4.38. The van der Waals surface area contributed by atoms with E-state index in [4.69, 9.17) is 5.11 Å². The normalized spacial score (nSPS) is 10.6. The Kier molecular flexibility index (Phi) is 3.57. The minimum atomic E-state index is -1.18. The number of hydrogen-bond donors (Lipinski definition) is 2. The van der Waals surface area contributed by atoms with Gasteiger partial charge in [-0.15, -0.1) is 0 Å². The zero-order valence-corrected chi connectivity index (χ0v) is 11.3. The number of nitrogens with zero attached hydrogens (tertiary/aromatic N) is 3. The Morgan fingerprint density at radius 1 is 1.29 bits per heavy atom. The Bertz CT molecular complexity index is 864. The van der Waals surface area contributed by atoms with E-state index in [9.17, 15) is 19.2 Å². The molecule has 0 saturated heterocycles. The van der Waals surface area contributed by atoms with E-state index in [-0.39, 0.29) is 16.6 Å². The van der Waals surface area contributed by atoms with Crippen molar-refractivity contribution >= 4 is 22.9 Å². The molecule has 0 bridgehead atoms. The smallest absolute Gasteiger partial charge is 0.332 e. The molecular formula is C12H12N4O5. The maximum Gasteiger partial charge on any atom is 0.332 e. The zero-order chi connectivity index (χ0) is 15.7. The van der Waals surface area contributed by atoms with Crippen LogP contribution in [-0.4, -0.2) is 37.6 Å². The molecule has 110 valence electrons. The fourth-order valence-electron chi connectivity index (χ4n) is 1.85. The summed E-state index contributed by atoms with van der Waals surface area (Å²) in [6, 6.07) is 1.28. The summed E-state index contributed by atoms with van der Waals surface area (Å²) in [5.41, 5.74) is -0.908. The van der Waals surface area contributed by atoms with Crippen molar-refractivity contribution in [2.45, 2.75) is 0 Å². The lowest BCUT2D eigenvalue weighted by molar-refractivity contribution is -0.135. The van der Waals surface area contributed by atoms with Crippen molar-refractivity contribution in [1.82, 2.24) is 19.4 Å². The molecule has 9 nitrogen and oxygen atoms in total. The van der Waals surface area contributed by atoms with Gasteiger partial charge in [-0.1, -0.05) is 0 Å². The first-order chi connectivity index (χ1) is 9.82. The van der Waals surface area contributed by atoms with Crippen molar-refractivity contribution in [2.24, 2.45) is 14.1 Å². The van der Waals surface area contributed by atoms with E-state index in [1.807, 2.05) is 0 Å². The van der Waals surface area contributed by atoms with Crippen LogP contribution >= 0.6 is 0 Å². The molecule has 1 amide bonds. The average molecular weight is 292 g/mol. The SMILES string of the molecule is Cn1c(=O)c2cc(C(=O)NCC(=O)O)cnc2n(C)c1=O. The molecule has 0 aliphatic heterocycles. The van der Waals surface area contributed by atoms with E-state index >= 15 is 0 Å². The standard InChI is InChI=1S/C12H12N4O5/c1-15-9-7(11(20)16(2)12(15)21)3-6(4-13-9)10(19)14-5-8(17)18/h3-4H,5H2,1-2H3,(H,14,19)(H,17,18). The van der Waals surface area contributed by atoms with E-state index in [1.54, 1.807) is 0 Å². The largest absolute Gasteiger partial charge is 0.480 e. The molecule has 0 fully saturated rings. The topological polar surface area (TPSA) is 123 Å². The Morgan fingerprint density at radius 3 is 2.57 bits per heavy atom. The monoisotopic (exact) mass is 292 g/mol. The van der Waals surface area contributed by atoms with Gasteiger partial charge in [0.25, 0.3) is 11.5 Å². The highest BCUT2D eigenvalue weighted by Gasteiger charge is 2.13. The summed E-state index contributed by atoms with van der Waals surface area (Å²) in [4.78, 5) is 49.9. The van der Waals surface area contributed by atoms with Gasteiger partial charge in [-0.25, -0.2) is 9.78 Å². The van der Waals surface area contributed by atoms with Crippen LogP contribution in [0.2, 0.25) is 0 Å². The first kappa shape index (κ1) is 14.4. The number of carbonyl (C=O) groups is 2. The molecule has 2 heterocycles. The van der Waals surface area contributed by atoms with E-state index in [0.717, 1.165) is 4.57 Å². The van der Waals surface area contributed by atoms with Gasteiger partial charge < -0.3 is 10.4 Å². The van der Waals surface area contributed by atoms with Crippen LogP contribution in [0, 0.1) is 0 Å². The van der Waals surface area contributed by atoms with Crippen LogP contribution in [0.4, 0.5) is 0 Å². The fourth-order valence-corrected chi connectivity index (χ4v) is 1.85. The number of rotatable bonds is 3. The second-order valence-corrected chi connectivity index (χ2v) is 4.38. The molecule has 2 rings (SSSR count). The minimum Gasteiger partial charge on any atom is -0.480 e. The molecule has 0 aliphatic carbocycles. The van der Waals surface area contributed by atoms with Crippen LogP contribution < -0.4 is 16.6 Å². The Hall–Kier alpha value is -2.97. The number of aromatic nitrogens is 3. The molecule has 2 aromatic heterocycles. The summed E-state index contributed by atoms with van der Waals surface area (Å²) in [6.07, 6.45) is 1.18. The van der Waals surface area contributed by atoms with Crippen LogP contribution in [0.15, 0.2) is 21.9 Å². The highest BCUT2D eigenvalue weighted by molar-refractivity contribution is 5.97. The number of carboxylic acids is 1. The lowest BCUT2D eigenvalue weighted by Crippen LogP contribution is -2.37. The van der Waals surface area contributed by atoms with E-state index in [2.05, 4.69) is 10.3 Å². The maximum atomic E-state index is 12.0. The third kappa shape index (κ3) is 2.53. The molecule has 0 radical (unpaired) electrons. The van der Waals surface area contributed by atoms with Crippen molar-refractivity contribution < 1.29 is 14.7 Å². The van der Waals surface area contributed by atoms with Crippen LogP contribution in [0.5, 0.6) is 0 Å². The number of nitrogens with one attached hydrogen (secondary N) is 1. The van der Waals surface area contributed by atoms with Gasteiger partial charge in [0, 0.05) is 20.3 Å². The van der Waals surface area contributed by atoms with Crippen LogP contribution in [-0.2, 0) is 18.9 Å². The van der Waals surface area contributed by atoms with Crippen molar-refractivity contribution in [1.29, 1.82) is 0 Å². The predicted octanol–water partition coefficient (Wildman–Crippen LogP) is -1.55. The molecule has 2 aromatic rings. The number of amides is 1. The summed E-state index contributed by atoms with van der Waals surface area (Å²) in [5.74, 6) is -1.85. The molecule has 0 atom stereocenters. The van der Waals surface area contributed by atoms with Crippen LogP contribution in [0.3, 0.4) is 0 Å². The average Bonchev–Trinajstić information content (AvgIpc) is 2.47. The molecule has 9 heteroatoms. The van der Waals surface area contributed by atoms with Gasteiger partial charge in [-0.2, -0.15) is 0 Å². The van der Waals surface area contributed by atoms with Gasteiger partial charge in [0.15, 0.2) is 0 Å². The molecule has 0 aromatic carbocycles. The third-order valence-corrected chi connectivity index (χ3v) is 2.96. The lowest BCUT2D eigenvalue weighted by atomic mass is 10.2. The zero-order valence-electron chi connectivity index (χ0n) is 11.3. The van der Waals surface area contributed by atoms with Crippen molar-refractivity contribution in [3.63, 3.8) is 0 Å². The van der Waals surface area contributed by atoms with E-state index in [0.29, 0.717) is 0 Å². The van der Waals surface area contributed by atoms with Crippen LogP contribution in [0.25, 0.3) is 11.0 Å². The van der Waals surface area contributed by atoms with Crippen molar-refractivity contribution in [3.8, 4) is 0 Å². The summed E-state index contributed by atoms with van der Waals surface area (Å²) in [6.45, 7) is -0.540. The summed E-state index contributed by atoms with van der Waals surface area (Å²) in [5, 5.41) is 10.8. The molecule has 2 N–H and O–H groups in total. The number of carbonyl (C=O) groups excluding carboxylic acids is 1. The minimum absolute atomic E-state index is 0.0412. The maximum absolute atomic E-state index is 12.0. The number of hydrogen-bond acceptors (Lipinski definition) is 5. The van der Waals surface area contributed by atoms with Gasteiger partial charge in [0.05, 0.1) is 10.9 Å².